The third kappa shape index (κ3) is 4.20. The number of amides is 1. The summed E-state index contributed by atoms with van der Waals surface area (Å²) in [7, 11) is 0. The lowest BCUT2D eigenvalue weighted by Gasteiger charge is -2.32. The van der Waals surface area contributed by atoms with Crippen LogP contribution in [0.4, 0.5) is 5.13 Å². The van der Waals surface area contributed by atoms with Gasteiger partial charge >= 0.3 is 0 Å². The topological polar surface area (TPSA) is 97.0 Å². The highest BCUT2D eigenvalue weighted by atomic mass is 32.1. The molecule has 0 unspecified atom stereocenters. The zero-order valence-electron chi connectivity index (χ0n) is 15.0. The minimum Gasteiger partial charge on any atom is -0.356 e. The van der Waals surface area contributed by atoms with E-state index in [0.29, 0.717) is 17.4 Å². The summed E-state index contributed by atoms with van der Waals surface area (Å²) in [6.07, 6.45) is 7.04. The molecule has 0 aliphatic carbocycles. The van der Waals surface area contributed by atoms with E-state index in [2.05, 4.69) is 30.3 Å². The molecule has 4 rings (SSSR count). The number of piperidine rings is 1. The maximum Gasteiger partial charge on any atom is 0.240 e. The first kappa shape index (κ1) is 17.7. The lowest BCUT2D eigenvalue weighted by molar-refractivity contribution is -0.117. The predicted octanol–water partition coefficient (Wildman–Crippen LogP) is 2.71. The van der Waals surface area contributed by atoms with Crippen LogP contribution in [-0.2, 0) is 4.79 Å². The number of hydrogen-bond donors (Lipinski definition) is 1. The highest BCUT2D eigenvalue weighted by Gasteiger charge is 2.27. The normalized spacial score (nSPS) is 17.7. The summed E-state index contributed by atoms with van der Waals surface area (Å²) < 4.78 is 5.42. The molecule has 1 saturated heterocycles. The van der Waals surface area contributed by atoms with E-state index in [4.69, 9.17) is 4.52 Å². The number of hydrogen-bond acceptors (Lipinski definition) is 8. The number of thiazole rings is 1. The second kappa shape index (κ2) is 7.93. The Morgan fingerprint density at radius 1 is 1.44 bits per heavy atom. The van der Waals surface area contributed by atoms with E-state index in [9.17, 15) is 4.79 Å². The highest BCUT2D eigenvalue weighted by molar-refractivity contribution is 7.13. The van der Waals surface area contributed by atoms with E-state index < -0.39 is 0 Å². The van der Waals surface area contributed by atoms with Crippen molar-refractivity contribution in [3.63, 3.8) is 0 Å². The Kier molecular flexibility index (Phi) is 5.21. The standard InChI is InChI=1S/C18H20N6O2S/c1-12-7-15(26-23-12)14-8-19-11-21-17(14)13-3-2-5-24(9-13)10-16(25)22-18-20-4-6-27-18/h4,6-8,11,13H,2-3,5,9-10H2,1H3,(H,20,22,25)/t13-/m0/s1. The molecule has 9 heteroatoms. The van der Waals surface area contributed by atoms with E-state index in [1.807, 2.05) is 18.4 Å². The van der Waals surface area contributed by atoms with Crippen LogP contribution < -0.4 is 5.32 Å². The smallest absolute Gasteiger partial charge is 0.240 e. The first-order valence-electron chi connectivity index (χ1n) is 8.84. The van der Waals surface area contributed by atoms with Crippen LogP contribution in [0.15, 0.2) is 34.7 Å². The van der Waals surface area contributed by atoms with E-state index >= 15 is 0 Å². The molecule has 0 aromatic carbocycles. The summed E-state index contributed by atoms with van der Waals surface area (Å²) >= 11 is 1.42. The molecule has 1 aliphatic rings. The fraction of sp³-hybridized carbons (Fsp3) is 0.389. The molecule has 27 heavy (non-hydrogen) atoms. The molecule has 140 valence electrons. The SMILES string of the molecule is Cc1cc(-c2cncnc2[C@H]2CCCN(CC(=O)Nc3nccs3)C2)on1. The van der Waals surface area contributed by atoms with Gasteiger partial charge < -0.3 is 9.84 Å². The van der Waals surface area contributed by atoms with Gasteiger partial charge in [-0.25, -0.2) is 15.0 Å². The lowest BCUT2D eigenvalue weighted by atomic mass is 9.91. The summed E-state index contributed by atoms with van der Waals surface area (Å²) in [5.41, 5.74) is 2.65. The fourth-order valence-corrected chi connectivity index (χ4v) is 3.96. The van der Waals surface area contributed by atoms with Gasteiger partial charge in [0.2, 0.25) is 5.91 Å². The van der Waals surface area contributed by atoms with Crippen LogP contribution in [0.3, 0.4) is 0 Å². The zero-order valence-corrected chi connectivity index (χ0v) is 15.8. The number of carbonyl (C=O) groups is 1. The number of rotatable bonds is 5. The number of likely N-dealkylation sites (tertiary alicyclic amines) is 1. The monoisotopic (exact) mass is 384 g/mol. The summed E-state index contributed by atoms with van der Waals surface area (Å²) in [5.74, 6) is 0.857. The van der Waals surface area contributed by atoms with Crippen LogP contribution in [0.5, 0.6) is 0 Å². The van der Waals surface area contributed by atoms with E-state index in [1.165, 1.54) is 11.3 Å². The van der Waals surface area contributed by atoms with Gasteiger partial charge in [0, 0.05) is 36.3 Å². The van der Waals surface area contributed by atoms with Crippen LogP contribution in [-0.4, -0.2) is 50.5 Å². The second-order valence-electron chi connectivity index (χ2n) is 6.61. The minimum atomic E-state index is -0.0422. The van der Waals surface area contributed by atoms with Crippen LogP contribution in [0.1, 0.15) is 30.1 Å². The number of carbonyl (C=O) groups excluding carboxylic acids is 1. The third-order valence-corrected chi connectivity index (χ3v) is 5.26. The first-order chi connectivity index (χ1) is 13.2. The number of nitrogens with zero attached hydrogens (tertiary/aromatic N) is 5. The Balaban J connectivity index is 1.46. The molecule has 1 atom stereocenters. The minimum absolute atomic E-state index is 0.0422. The molecule has 0 saturated carbocycles. The van der Waals surface area contributed by atoms with Crippen LogP contribution >= 0.6 is 11.3 Å². The Labute approximate surface area is 160 Å². The Hall–Kier alpha value is -2.65. The van der Waals surface area contributed by atoms with Crippen LogP contribution in [0.2, 0.25) is 0 Å². The van der Waals surface area contributed by atoms with Crippen molar-refractivity contribution < 1.29 is 9.32 Å². The van der Waals surface area contributed by atoms with Crippen molar-refractivity contribution in [1.29, 1.82) is 0 Å². The van der Waals surface area contributed by atoms with Crippen molar-refractivity contribution in [2.24, 2.45) is 0 Å². The van der Waals surface area contributed by atoms with Gasteiger partial charge in [-0.3, -0.25) is 9.69 Å². The van der Waals surface area contributed by atoms with E-state index in [-0.39, 0.29) is 11.8 Å². The predicted molar refractivity (Wildman–Crippen MR) is 101 cm³/mol. The number of nitrogens with one attached hydrogen (secondary N) is 1. The van der Waals surface area contributed by atoms with Gasteiger partial charge in [-0.1, -0.05) is 5.16 Å². The zero-order chi connectivity index (χ0) is 18.6. The summed E-state index contributed by atoms with van der Waals surface area (Å²) in [6, 6.07) is 1.89. The van der Waals surface area contributed by atoms with Gasteiger partial charge in [-0.15, -0.1) is 11.3 Å². The molecule has 0 radical (unpaired) electrons. The Morgan fingerprint density at radius 3 is 3.15 bits per heavy atom. The van der Waals surface area contributed by atoms with Gasteiger partial charge in [0.25, 0.3) is 0 Å². The molecule has 3 aromatic rings. The molecule has 4 heterocycles. The van der Waals surface area contributed by atoms with Crippen LogP contribution in [0, 0.1) is 6.92 Å². The number of aromatic nitrogens is 4. The maximum absolute atomic E-state index is 12.3. The van der Waals surface area contributed by atoms with Crippen molar-refractivity contribution in [2.75, 3.05) is 25.0 Å². The average molecular weight is 384 g/mol. The molecule has 3 aromatic heterocycles. The highest BCUT2D eigenvalue weighted by Crippen LogP contribution is 2.32. The van der Waals surface area contributed by atoms with E-state index in [0.717, 1.165) is 42.9 Å². The van der Waals surface area contributed by atoms with Gasteiger partial charge in [-0.05, 0) is 26.3 Å². The number of anilines is 1. The van der Waals surface area contributed by atoms with Crippen molar-refractivity contribution in [2.45, 2.75) is 25.7 Å². The molecular weight excluding hydrogens is 364 g/mol. The Bertz CT molecular complexity index is 910. The largest absolute Gasteiger partial charge is 0.356 e. The van der Waals surface area contributed by atoms with Crippen LogP contribution in [0.25, 0.3) is 11.3 Å². The lowest BCUT2D eigenvalue weighted by Crippen LogP contribution is -2.40. The van der Waals surface area contributed by atoms with Gasteiger partial charge in [0.1, 0.15) is 6.33 Å². The van der Waals surface area contributed by atoms with Crippen molar-refractivity contribution >= 4 is 22.4 Å². The maximum atomic E-state index is 12.3. The molecule has 1 fully saturated rings. The van der Waals surface area contributed by atoms with Gasteiger partial charge in [0.15, 0.2) is 10.9 Å². The molecule has 1 amide bonds. The van der Waals surface area contributed by atoms with Crippen molar-refractivity contribution in [3.05, 3.63) is 41.6 Å². The third-order valence-electron chi connectivity index (χ3n) is 4.57. The summed E-state index contributed by atoms with van der Waals surface area (Å²) in [5, 5.41) is 9.29. The molecule has 0 bridgehead atoms. The summed E-state index contributed by atoms with van der Waals surface area (Å²) in [4.78, 5) is 27.2. The molecule has 8 nitrogen and oxygen atoms in total. The molecule has 0 spiro atoms. The fourth-order valence-electron chi connectivity index (χ4n) is 3.41. The molecule has 1 N–H and O–H groups in total. The van der Waals surface area contributed by atoms with Crippen molar-refractivity contribution in [1.82, 2.24) is 25.0 Å². The van der Waals surface area contributed by atoms with Gasteiger partial charge in [0.05, 0.1) is 23.5 Å². The van der Waals surface area contributed by atoms with Crippen molar-refractivity contribution in [3.8, 4) is 11.3 Å². The summed E-state index contributed by atoms with van der Waals surface area (Å²) in [6.45, 7) is 3.89. The van der Waals surface area contributed by atoms with Gasteiger partial charge in [-0.2, -0.15) is 0 Å². The molecule has 1 aliphatic heterocycles. The first-order valence-corrected chi connectivity index (χ1v) is 9.72. The molecular formula is C18H20N6O2S. The van der Waals surface area contributed by atoms with E-state index in [1.54, 1.807) is 18.7 Å². The second-order valence-corrected chi connectivity index (χ2v) is 7.51. The quantitative estimate of drug-likeness (QED) is 0.722. The average Bonchev–Trinajstić information content (AvgIpc) is 3.33. The Morgan fingerprint density at radius 2 is 2.37 bits per heavy atom. The number of aryl methyl sites for hydroxylation is 1.